The highest BCUT2D eigenvalue weighted by Gasteiger charge is 2.37. The molecule has 0 amide bonds. The zero-order valence-corrected chi connectivity index (χ0v) is 8.50. The average Bonchev–Trinajstić information content (AvgIpc) is 2.61. The second kappa shape index (κ2) is 2.83. The second-order valence-corrected chi connectivity index (χ2v) is 4.82. The van der Waals surface area contributed by atoms with E-state index in [1.165, 1.54) is 37.1 Å². The summed E-state index contributed by atoms with van der Waals surface area (Å²) < 4.78 is 2.16. The Kier molecular flexibility index (Phi) is 1.71. The summed E-state index contributed by atoms with van der Waals surface area (Å²) in [6.07, 6.45) is 7.07. The predicted molar refractivity (Wildman–Crippen MR) is 55.0 cm³/mol. The molecule has 76 valence electrons. The molecule has 0 aromatic carbocycles. The van der Waals surface area contributed by atoms with Crippen molar-refractivity contribution in [3.05, 3.63) is 17.5 Å². The lowest BCUT2D eigenvalue weighted by Gasteiger charge is -2.05. The summed E-state index contributed by atoms with van der Waals surface area (Å²) in [7, 11) is 0. The van der Waals surface area contributed by atoms with Gasteiger partial charge in [-0.2, -0.15) is 5.10 Å². The van der Waals surface area contributed by atoms with Gasteiger partial charge < -0.3 is 5.73 Å². The smallest absolute Gasteiger partial charge is 0.0628 e. The van der Waals surface area contributed by atoms with Gasteiger partial charge in [-0.15, -0.1) is 0 Å². The number of hydrogen-bond acceptors (Lipinski definition) is 2. The summed E-state index contributed by atoms with van der Waals surface area (Å²) in [6.45, 7) is 1.11. The van der Waals surface area contributed by atoms with Crippen molar-refractivity contribution in [2.45, 2.75) is 50.6 Å². The average molecular weight is 191 g/mol. The minimum Gasteiger partial charge on any atom is -0.325 e. The van der Waals surface area contributed by atoms with Crippen LogP contribution < -0.4 is 5.73 Å². The van der Waals surface area contributed by atoms with Crippen LogP contribution in [0.25, 0.3) is 0 Å². The number of rotatable bonds is 3. The molecule has 1 aromatic heterocycles. The zero-order valence-electron chi connectivity index (χ0n) is 8.50. The van der Waals surface area contributed by atoms with Gasteiger partial charge in [0.25, 0.3) is 0 Å². The van der Waals surface area contributed by atoms with Gasteiger partial charge in [0.1, 0.15) is 0 Å². The molecule has 3 rings (SSSR count). The van der Waals surface area contributed by atoms with Crippen LogP contribution in [0.4, 0.5) is 0 Å². The first-order chi connectivity index (χ1) is 6.75. The highest BCUT2D eigenvalue weighted by Crippen LogP contribution is 2.36. The fourth-order valence-electron chi connectivity index (χ4n) is 2.23. The quantitative estimate of drug-likeness (QED) is 0.781. The Morgan fingerprint density at radius 3 is 3.07 bits per heavy atom. The maximum absolute atomic E-state index is 6.05. The molecule has 0 atom stereocenters. The molecule has 3 heteroatoms. The van der Waals surface area contributed by atoms with Gasteiger partial charge in [0.05, 0.1) is 5.69 Å². The van der Waals surface area contributed by atoms with Crippen LogP contribution in [0.5, 0.6) is 0 Å². The van der Waals surface area contributed by atoms with E-state index in [4.69, 9.17) is 5.73 Å². The molecule has 1 aliphatic heterocycles. The van der Waals surface area contributed by atoms with Crippen LogP contribution in [0.3, 0.4) is 0 Å². The van der Waals surface area contributed by atoms with Crippen molar-refractivity contribution in [1.82, 2.24) is 9.78 Å². The van der Waals surface area contributed by atoms with Crippen LogP contribution in [-0.2, 0) is 19.4 Å². The Labute approximate surface area is 84.3 Å². The summed E-state index contributed by atoms with van der Waals surface area (Å²) in [5, 5.41) is 4.58. The maximum Gasteiger partial charge on any atom is 0.0628 e. The van der Waals surface area contributed by atoms with Gasteiger partial charge in [0.2, 0.25) is 0 Å². The Morgan fingerprint density at radius 2 is 2.36 bits per heavy atom. The van der Waals surface area contributed by atoms with Crippen molar-refractivity contribution < 1.29 is 0 Å². The molecule has 2 aliphatic rings. The first-order valence-electron chi connectivity index (χ1n) is 5.60. The second-order valence-electron chi connectivity index (χ2n) is 4.82. The summed E-state index contributed by atoms with van der Waals surface area (Å²) in [5.74, 6) is 0. The molecule has 1 aromatic rings. The Balaban J connectivity index is 1.66. The van der Waals surface area contributed by atoms with Crippen LogP contribution in [-0.4, -0.2) is 15.3 Å². The summed E-state index contributed by atoms with van der Waals surface area (Å²) in [4.78, 5) is 0. The lowest BCUT2D eigenvalue weighted by atomic mass is 10.1. The summed E-state index contributed by atoms with van der Waals surface area (Å²) in [6, 6.07) is 2.26. The molecule has 0 saturated heterocycles. The molecule has 2 N–H and O–H groups in total. The van der Waals surface area contributed by atoms with Crippen LogP contribution in [0, 0.1) is 0 Å². The van der Waals surface area contributed by atoms with E-state index >= 15 is 0 Å². The fourth-order valence-corrected chi connectivity index (χ4v) is 2.23. The van der Waals surface area contributed by atoms with Gasteiger partial charge in [-0.1, -0.05) is 0 Å². The topological polar surface area (TPSA) is 43.8 Å². The third kappa shape index (κ3) is 1.46. The van der Waals surface area contributed by atoms with E-state index in [1.54, 1.807) is 0 Å². The van der Waals surface area contributed by atoms with E-state index < -0.39 is 0 Å². The van der Waals surface area contributed by atoms with Gasteiger partial charge in [0, 0.05) is 17.8 Å². The number of aryl methyl sites for hydroxylation is 3. The molecule has 2 heterocycles. The third-order valence-electron chi connectivity index (χ3n) is 3.49. The van der Waals surface area contributed by atoms with Gasteiger partial charge in [-0.25, -0.2) is 0 Å². The summed E-state index contributed by atoms with van der Waals surface area (Å²) in [5.41, 5.74) is 8.89. The third-order valence-corrected chi connectivity index (χ3v) is 3.49. The van der Waals surface area contributed by atoms with E-state index in [-0.39, 0.29) is 5.54 Å². The van der Waals surface area contributed by atoms with Crippen molar-refractivity contribution in [2.24, 2.45) is 5.73 Å². The number of nitrogens with zero attached hydrogens (tertiary/aromatic N) is 2. The molecule has 0 unspecified atom stereocenters. The fraction of sp³-hybridized carbons (Fsp3) is 0.727. The minimum atomic E-state index is 0.175. The SMILES string of the molecule is NC1(CCc2cc3n(n2)CCC3)CC1. The lowest BCUT2D eigenvalue weighted by molar-refractivity contribution is 0.586. The number of hydrogen-bond donors (Lipinski definition) is 1. The lowest BCUT2D eigenvalue weighted by Crippen LogP contribution is -2.22. The van der Waals surface area contributed by atoms with E-state index in [1.807, 2.05) is 0 Å². The van der Waals surface area contributed by atoms with Crippen molar-refractivity contribution in [1.29, 1.82) is 0 Å². The highest BCUT2D eigenvalue weighted by atomic mass is 15.3. The Bertz CT molecular complexity index is 328. The van der Waals surface area contributed by atoms with Gasteiger partial charge in [-0.3, -0.25) is 4.68 Å². The molecule has 0 bridgehead atoms. The van der Waals surface area contributed by atoms with Crippen LogP contribution in [0.15, 0.2) is 6.07 Å². The highest BCUT2D eigenvalue weighted by molar-refractivity contribution is 5.14. The largest absolute Gasteiger partial charge is 0.325 e. The zero-order chi connectivity index (χ0) is 9.60. The molecular weight excluding hydrogens is 174 g/mol. The molecular formula is C11H17N3. The van der Waals surface area contributed by atoms with E-state index in [0.29, 0.717) is 0 Å². The Hall–Kier alpha value is -0.830. The molecule has 1 fully saturated rings. The molecule has 14 heavy (non-hydrogen) atoms. The van der Waals surface area contributed by atoms with Gasteiger partial charge in [-0.05, 0) is 44.6 Å². The molecule has 0 radical (unpaired) electrons. The van der Waals surface area contributed by atoms with E-state index in [0.717, 1.165) is 19.4 Å². The molecule has 1 aliphatic carbocycles. The first-order valence-corrected chi connectivity index (χ1v) is 5.60. The number of aromatic nitrogens is 2. The molecule has 0 spiro atoms. The van der Waals surface area contributed by atoms with Crippen LogP contribution >= 0.6 is 0 Å². The summed E-state index contributed by atoms with van der Waals surface area (Å²) >= 11 is 0. The van der Waals surface area contributed by atoms with Crippen molar-refractivity contribution in [3.63, 3.8) is 0 Å². The van der Waals surface area contributed by atoms with Gasteiger partial charge in [0.15, 0.2) is 0 Å². The van der Waals surface area contributed by atoms with E-state index in [2.05, 4.69) is 15.8 Å². The maximum atomic E-state index is 6.05. The van der Waals surface area contributed by atoms with E-state index in [9.17, 15) is 0 Å². The normalized spacial score (nSPS) is 22.4. The number of fused-ring (bicyclic) bond motifs is 1. The predicted octanol–water partition coefficient (Wildman–Crippen LogP) is 1.25. The van der Waals surface area contributed by atoms with Crippen molar-refractivity contribution in [3.8, 4) is 0 Å². The van der Waals surface area contributed by atoms with Crippen LogP contribution in [0.1, 0.15) is 37.1 Å². The molecule has 1 saturated carbocycles. The minimum absolute atomic E-state index is 0.175. The standard InChI is InChI=1S/C11H17N3/c12-11(5-6-11)4-3-9-8-10-2-1-7-14(10)13-9/h8H,1-7,12H2. The molecule has 3 nitrogen and oxygen atoms in total. The van der Waals surface area contributed by atoms with Crippen molar-refractivity contribution in [2.75, 3.05) is 0 Å². The van der Waals surface area contributed by atoms with Crippen molar-refractivity contribution >= 4 is 0 Å². The van der Waals surface area contributed by atoms with Crippen LogP contribution in [0.2, 0.25) is 0 Å². The Morgan fingerprint density at radius 1 is 1.50 bits per heavy atom. The first kappa shape index (κ1) is 8.48. The monoisotopic (exact) mass is 191 g/mol. The van der Waals surface area contributed by atoms with Gasteiger partial charge >= 0.3 is 0 Å². The number of nitrogens with two attached hydrogens (primary N) is 1.